The van der Waals surface area contributed by atoms with Gasteiger partial charge < -0.3 is 19.7 Å². The van der Waals surface area contributed by atoms with Crippen molar-refractivity contribution in [1.29, 1.82) is 0 Å². The van der Waals surface area contributed by atoms with Crippen molar-refractivity contribution in [2.75, 3.05) is 26.2 Å². The summed E-state index contributed by atoms with van der Waals surface area (Å²) in [6.07, 6.45) is 4.64. The van der Waals surface area contributed by atoms with Crippen LogP contribution in [0.4, 0.5) is 0 Å². The first-order chi connectivity index (χ1) is 8.79. The van der Waals surface area contributed by atoms with Gasteiger partial charge in [-0.2, -0.15) is 0 Å². The van der Waals surface area contributed by atoms with Crippen LogP contribution >= 0.6 is 0 Å². The van der Waals surface area contributed by atoms with Crippen molar-refractivity contribution in [2.24, 2.45) is 0 Å². The highest BCUT2D eigenvalue weighted by atomic mass is 16.4. The second-order valence-corrected chi connectivity index (χ2v) is 5.06. The third-order valence-corrected chi connectivity index (χ3v) is 3.60. The van der Waals surface area contributed by atoms with Gasteiger partial charge in [0.1, 0.15) is 11.9 Å². The van der Waals surface area contributed by atoms with Gasteiger partial charge in [-0.25, -0.2) is 0 Å². The van der Waals surface area contributed by atoms with Crippen molar-refractivity contribution in [3.63, 3.8) is 0 Å². The van der Waals surface area contributed by atoms with Crippen LogP contribution in [0.5, 0.6) is 0 Å². The summed E-state index contributed by atoms with van der Waals surface area (Å²) in [6, 6.07) is 4.15. The van der Waals surface area contributed by atoms with Gasteiger partial charge in [0.25, 0.3) is 0 Å². The smallest absolute Gasteiger partial charge is 0.133 e. The van der Waals surface area contributed by atoms with Crippen molar-refractivity contribution in [3.05, 3.63) is 24.2 Å². The van der Waals surface area contributed by atoms with Crippen LogP contribution in [0.1, 0.15) is 38.1 Å². The van der Waals surface area contributed by atoms with Gasteiger partial charge in [-0.3, -0.25) is 0 Å². The Morgan fingerprint density at radius 3 is 2.89 bits per heavy atom. The number of hydrogen-bond donors (Lipinski definition) is 2. The first kappa shape index (κ1) is 13.6. The maximum atomic E-state index is 9.91. The van der Waals surface area contributed by atoms with Gasteiger partial charge in [-0.1, -0.05) is 6.92 Å². The molecule has 1 atom stereocenters. The zero-order chi connectivity index (χ0) is 12.8. The SMILES string of the molecule is CCCN1CCC(NC[C@@H](O)c2ccco2)CC1. The lowest BCUT2D eigenvalue weighted by Gasteiger charge is -2.32. The van der Waals surface area contributed by atoms with Gasteiger partial charge in [-0.15, -0.1) is 0 Å². The highest BCUT2D eigenvalue weighted by Gasteiger charge is 2.19. The van der Waals surface area contributed by atoms with Crippen molar-refractivity contribution in [3.8, 4) is 0 Å². The summed E-state index contributed by atoms with van der Waals surface area (Å²) in [5, 5.41) is 13.3. The fourth-order valence-corrected chi connectivity index (χ4v) is 2.54. The molecule has 4 nitrogen and oxygen atoms in total. The molecule has 1 aromatic rings. The molecule has 1 aliphatic rings. The zero-order valence-electron chi connectivity index (χ0n) is 11.1. The lowest BCUT2D eigenvalue weighted by molar-refractivity contribution is 0.132. The minimum Gasteiger partial charge on any atom is -0.467 e. The number of hydrogen-bond acceptors (Lipinski definition) is 4. The third kappa shape index (κ3) is 3.83. The predicted molar refractivity (Wildman–Crippen MR) is 71.4 cm³/mol. The van der Waals surface area contributed by atoms with E-state index in [0.29, 0.717) is 18.3 Å². The molecule has 1 fully saturated rings. The van der Waals surface area contributed by atoms with Crippen LogP contribution in [-0.2, 0) is 0 Å². The molecule has 2 rings (SSSR count). The molecule has 1 saturated heterocycles. The van der Waals surface area contributed by atoms with Crippen molar-refractivity contribution in [1.82, 2.24) is 10.2 Å². The maximum Gasteiger partial charge on any atom is 0.133 e. The molecule has 1 aliphatic heterocycles. The van der Waals surface area contributed by atoms with Gasteiger partial charge in [0, 0.05) is 12.6 Å². The summed E-state index contributed by atoms with van der Waals surface area (Å²) < 4.78 is 5.19. The van der Waals surface area contributed by atoms with Crippen LogP contribution in [-0.4, -0.2) is 42.2 Å². The Bertz CT molecular complexity index is 319. The van der Waals surface area contributed by atoms with E-state index in [0.717, 1.165) is 0 Å². The topological polar surface area (TPSA) is 48.6 Å². The Hall–Kier alpha value is -0.840. The lowest BCUT2D eigenvalue weighted by Crippen LogP contribution is -2.43. The molecular formula is C14H24N2O2. The van der Waals surface area contributed by atoms with Gasteiger partial charge in [0.15, 0.2) is 0 Å². The molecule has 0 saturated carbocycles. The molecular weight excluding hydrogens is 228 g/mol. The highest BCUT2D eigenvalue weighted by molar-refractivity contribution is 5.02. The summed E-state index contributed by atoms with van der Waals surface area (Å²) >= 11 is 0. The van der Waals surface area contributed by atoms with Crippen LogP contribution in [0.15, 0.2) is 22.8 Å². The van der Waals surface area contributed by atoms with Gasteiger partial charge in [0.2, 0.25) is 0 Å². The van der Waals surface area contributed by atoms with Gasteiger partial charge in [0.05, 0.1) is 6.26 Å². The van der Waals surface area contributed by atoms with E-state index in [1.54, 1.807) is 6.26 Å². The first-order valence-corrected chi connectivity index (χ1v) is 6.96. The second kappa shape index (κ2) is 6.92. The Balaban J connectivity index is 1.66. The lowest BCUT2D eigenvalue weighted by atomic mass is 10.0. The maximum absolute atomic E-state index is 9.91. The summed E-state index contributed by atoms with van der Waals surface area (Å²) in [5.74, 6) is 0.644. The van der Waals surface area contributed by atoms with E-state index in [-0.39, 0.29) is 0 Å². The minimum atomic E-state index is -0.534. The van der Waals surface area contributed by atoms with E-state index < -0.39 is 6.10 Å². The Morgan fingerprint density at radius 1 is 1.50 bits per heavy atom. The summed E-state index contributed by atoms with van der Waals surface area (Å²) in [4.78, 5) is 2.52. The third-order valence-electron chi connectivity index (χ3n) is 3.60. The predicted octanol–water partition coefficient (Wildman–Crippen LogP) is 1.78. The van der Waals surface area contributed by atoms with E-state index in [9.17, 15) is 5.11 Å². The molecule has 0 aliphatic carbocycles. The molecule has 0 bridgehead atoms. The number of piperidine rings is 1. The molecule has 0 aromatic carbocycles. The highest BCUT2D eigenvalue weighted by Crippen LogP contribution is 2.14. The van der Waals surface area contributed by atoms with Gasteiger partial charge >= 0.3 is 0 Å². The molecule has 4 heteroatoms. The molecule has 1 aromatic heterocycles. The van der Waals surface area contributed by atoms with Crippen molar-refractivity contribution in [2.45, 2.75) is 38.3 Å². The van der Waals surface area contributed by atoms with Gasteiger partial charge in [-0.05, 0) is 51.0 Å². The average molecular weight is 252 g/mol. The first-order valence-electron chi connectivity index (χ1n) is 6.96. The van der Waals surface area contributed by atoms with E-state index in [1.807, 2.05) is 12.1 Å². The Kier molecular flexibility index (Phi) is 5.23. The molecule has 0 unspecified atom stereocenters. The molecule has 0 radical (unpaired) electrons. The number of furan rings is 1. The standard InChI is InChI=1S/C14H24N2O2/c1-2-7-16-8-5-12(6-9-16)15-11-13(17)14-4-3-10-18-14/h3-4,10,12-13,15,17H,2,5-9,11H2,1H3/t13-/m1/s1. The fraction of sp³-hybridized carbons (Fsp3) is 0.714. The van der Waals surface area contributed by atoms with Crippen LogP contribution < -0.4 is 5.32 Å². The van der Waals surface area contributed by atoms with E-state index in [1.165, 1.54) is 38.9 Å². The zero-order valence-corrected chi connectivity index (χ0v) is 11.1. The van der Waals surface area contributed by atoms with E-state index in [2.05, 4.69) is 17.1 Å². The minimum absolute atomic E-state index is 0.530. The largest absolute Gasteiger partial charge is 0.467 e. The number of aliphatic hydroxyl groups is 1. The number of aliphatic hydroxyl groups excluding tert-OH is 1. The van der Waals surface area contributed by atoms with Crippen molar-refractivity contribution >= 4 is 0 Å². The van der Waals surface area contributed by atoms with E-state index in [4.69, 9.17) is 4.42 Å². The van der Waals surface area contributed by atoms with Crippen LogP contribution in [0.2, 0.25) is 0 Å². The van der Waals surface area contributed by atoms with E-state index >= 15 is 0 Å². The Morgan fingerprint density at radius 2 is 2.28 bits per heavy atom. The second-order valence-electron chi connectivity index (χ2n) is 5.06. The molecule has 2 N–H and O–H groups in total. The van der Waals surface area contributed by atoms with Crippen LogP contribution in [0.3, 0.4) is 0 Å². The molecule has 0 amide bonds. The summed E-state index contributed by atoms with van der Waals surface area (Å²) in [5.41, 5.74) is 0. The fourth-order valence-electron chi connectivity index (χ4n) is 2.54. The number of nitrogens with zero attached hydrogens (tertiary/aromatic N) is 1. The number of rotatable bonds is 6. The molecule has 102 valence electrons. The van der Waals surface area contributed by atoms with Crippen LogP contribution in [0.25, 0.3) is 0 Å². The van der Waals surface area contributed by atoms with Crippen molar-refractivity contribution < 1.29 is 9.52 Å². The average Bonchev–Trinajstić information content (AvgIpc) is 2.92. The molecule has 2 heterocycles. The molecule has 18 heavy (non-hydrogen) atoms. The quantitative estimate of drug-likeness (QED) is 0.810. The summed E-state index contributed by atoms with van der Waals surface area (Å²) in [7, 11) is 0. The Labute approximate surface area is 109 Å². The monoisotopic (exact) mass is 252 g/mol. The number of nitrogens with one attached hydrogen (secondary N) is 1. The molecule has 0 spiro atoms. The van der Waals surface area contributed by atoms with Crippen LogP contribution in [0, 0.1) is 0 Å². The summed E-state index contributed by atoms with van der Waals surface area (Å²) in [6.45, 7) is 6.35. The number of likely N-dealkylation sites (tertiary alicyclic amines) is 1. The normalized spacial score (nSPS) is 20.1.